The molecular weight excluding hydrogens is 264 g/mol. The van der Waals surface area contributed by atoms with Gasteiger partial charge < -0.3 is 0 Å². The number of rotatable bonds is 5. The van der Waals surface area contributed by atoms with Crippen molar-refractivity contribution >= 4 is 11.6 Å². The average Bonchev–Trinajstić information content (AvgIpc) is 2.41. The van der Waals surface area contributed by atoms with Gasteiger partial charge in [0.1, 0.15) is 0 Å². The topological polar surface area (TPSA) is 0 Å². The van der Waals surface area contributed by atoms with Crippen molar-refractivity contribution in [3.63, 3.8) is 0 Å². The molecular formula is C19H23Cl. The van der Waals surface area contributed by atoms with Gasteiger partial charge in [-0.15, -0.1) is 0 Å². The first kappa shape index (κ1) is 15.1. The average molecular weight is 287 g/mol. The van der Waals surface area contributed by atoms with Gasteiger partial charge in [0, 0.05) is 5.02 Å². The molecule has 0 aromatic heterocycles. The molecule has 2 aromatic carbocycles. The Morgan fingerprint density at radius 2 is 1.25 bits per heavy atom. The molecule has 0 aliphatic rings. The molecule has 0 bridgehead atoms. The van der Waals surface area contributed by atoms with Crippen molar-refractivity contribution in [3.8, 4) is 0 Å². The van der Waals surface area contributed by atoms with Crippen molar-refractivity contribution in [3.05, 3.63) is 70.2 Å². The van der Waals surface area contributed by atoms with Gasteiger partial charge in [-0.3, -0.25) is 0 Å². The summed E-state index contributed by atoms with van der Waals surface area (Å²) in [7, 11) is 0. The first-order valence-electron chi connectivity index (χ1n) is 7.38. The van der Waals surface area contributed by atoms with Crippen molar-refractivity contribution < 1.29 is 0 Å². The summed E-state index contributed by atoms with van der Waals surface area (Å²) in [4.78, 5) is 0. The molecule has 1 atom stereocenters. The van der Waals surface area contributed by atoms with Crippen LogP contribution in [0.25, 0.3) is 0 Å². The minimum Gasteiger partial charge on any atom is -0.0843 e. The van der Waals surface area contributed by atoms with Crippen LogP contribution in [-0.4, -0.2) is 0 Å². The molecule has 20 heavy (non-hydrogen) atoms. The van der Waals surface area contributed by atoms with Crippen LogP contribution in [0, 0.1) is 5.92 Å². The summed E-state index contributed by atoms with van der Waals surface area (Å²) in [6.07, 6.45) is 2.21. The Hall–Kier alpha value is -1.27. The second-order valence-electron chi connectivity index (χ2n) is 6.07. The second-order valence-corrected chi connectivity index (χ2v) is 6.51. The minimum atomic E-state index is 0.532. The van der Waals surface area contributed by atoms with Crippen molar-refractivity contribution in [1.82, 2.24) is 0 Å². The predicted octanol–water partition coefficient (Wildman–Crippen LogP) is 5.88. The van der Waals surface area contributed by atoms with Gasteiger partial charge in [-0.2, -0.15) is 0 Å². The Balaban J connectivity index is 2.01. The fraction of sp³-hybridized carbons (Fsp3) is 0.368. The van der Waals surface area contributed by atoms with E-state index < -0.39 is 0 Å². The summed E-state index contributed by atoms with van der Waals surface area (Å²) in [5, 5.41) is 0.805. The van der Waals surface area contributed by atoms with Crippen molar-refractivity contribution in [1.29, 1.82) is 0 Å². The standard InChI is InChI=1S/C19H23Cl/c1-14(2)12-16-4-8-18(9-5-16)15(3)13-17-6-10-19(20)11-7-17/h4-11,14-15H,12-13H2,1-3H3/t15-/m1/s1. The van der Waals surface area contributed by atoms with Crippen LogP contribution in [0.15, 0.2) is 48.5 Å². The van der Waals surface area contributed by atoms with E-state index in [2.05, 4.69) is 57.2 Å². The lowest BCUT2D eigenvalue weighted by Gasteiger charge is -2.13. The van der Waals surface area contributed by atoms with E-state index in [0.29, 0.717) is 11.8 Å². The summed E-state index contributed by atoms with van der Waals surface area (Å²) in [5.41, 5.74) is 4.18. The number of hydrogen-bond acceptors (Lipinski definition) is 0. The molecule has 0 heterocycles. The van der Waals surface area contributed by atoms with Gasteiger partial charge in [0.2, 0.25) is 0 Å². The summed E-state index contributed by atoms with van der Waals surface area (Å²) in [6.45, 7) is 6.81. The summed E-state index contributed by atoms with van der Waals surface area (Å²) >= 11 is 5.92. The monoisotopic (exact) mass is 286 g/mol. The maximum Gasteiger partial charge on any atom is 0.0406 e. The second kappa shape index (κ2) is 6.95. The van der Waals surface area contributed by atoms with E-state index in [1.165, 1.54) is 16.7 Å². The molecule has 0 amide bonds. The normalized spacial score (nSPS) is 12.7. The zero-order valence-electron chi connectivity index (χ0n) is 12.6. The van der Waals surface area contributed by atoms with Crippen molar-refractivity contribution in [2.45, 2.75) is 39.5 Å². The highest BCUT2D eigenvalue weighted by molar-refractivity contribution is 6.30. The molecule has 0 nitrogen and oxygen atoms in total. The molecule has 0 fully saturated rings. The van der Waals surface area contributed by atoms with Gasteiger partial charge in [-0.05, 0) is 53.5 Å². The summed E-state index contributed by atoms with van der Waals surface area (Å²) < 4.78 is 0. The molecule has 0 radical (unpaired) electrons. The van der Waals surface area contributed by atoms with Gasteiger partial charge in [-0.25, -0.2) is 0 Å². The first-order valence-corrected chi connectivity index (χ1v) is 7.75. The van der Waals surface area contributed by atoms with Gasteiger partial charge in [0.15, 0.2) is 0 Å². The Bertz CT molecular complexity index is 523. The molecule has 2 aromatic rings. The van der Waals surface area contributed by atoms with Gasteiger partial charge >= 0.3 is 0 Å². The molecule has 0 N–H and O–H groups in total. The summed E-state index contributed by atoms with van der Waals surface area (Å²) in [5.74, 6) is 1.25. The Labute approximate surface area is 127 Å². The zero-order chi connectivity index (χ0) is 14.5. The lowest BCUT2D eigenvalue weighted by molar-refractivity contribution is 0.646. The van der Waals surface area contributed by atoms with Crippen LogP contribution in [0.3, 0.4) is 0 Å². The molecule has 0 unspecified atom stereocenters. The quantitative estimate of drug-likeness (QED) is 0.643. The molecule has 0 saturated carbocycles. The molecule has 2 rings (SSSR count). The fourth-order valence-electron chi connectivity index (χ4n) is 2.55. The molecule has 0 spiro atoms. The highest BCUT2D eigenvalue weighted by atomic mass is 35.5. The van der Waals surface area contributed by atoms with E-state index in [1.54, 1.807) is 0 Å². The Morgan fingerprint density at radius 3 is 1.80 bits per heavy atom. The summed E-state index contributed by atoms with van der Waals surface area (Å²) in [6, 6.07) is 17.3. The van der Waals surface area contributed by atoms with Crippen LogP contribution in [-0.2, 0) is 12.8 Å². The lowest BCUT2D eigenvalue weighted by atomic mass is 9.92. The highest BCUT2D eigenvalue weighted by Crippen LogP contribution is 2.22. The molecule has 1 heteroatoms. The number of halogens is 1. The molecule has 0 aliphatic carbocycles. The van der Waals surface area contributed by atoms with Crippen LogP contribution in [0.1, 0.15) is 43.4 Å². The molecule has 0 saturated heterocycles. The smallest absolute Gasteiger partial charge is 0.0406 e. The number of benzene rings is 2. The van der Waals surface area contributed by atoms with Gasteiger partial charge in [0.05, 0.1) is 0 Å². The Kier molecular flexibility index (Phi) is 5.25. The van der Waals surface area contributed by atoms with Crippen LogP contribution in [0.2, 0.25) is 5.02 Å². The third kappa shape index (κ3) is 4.38. The van der Waals surface area contributed by atoms with E-state index in [0.717, 1.165) is 17.9 Å². The van der Waals surface area contributed by atoms with E-state index in [1.807, 2.05) is 12.1 Å². The van der Waals surface area contributed by atoms with Crippen LogP contribution in [0.5, 0.6) is 0 Å². The van der Waals surface area contributed by atoms with E-state index >= 15 is 0 Å². The van der Waals surface area contributed by atoms with Crippen LogP contribution >= 0.6 is 11.6 Å². The van der Waals surface area contributed by atoms with Crippen molar-refractivity contribution in [2.75, 3.05) is 0 Å². The van der Waals surface area contributed by atoms with E-state index in [4.69, 9.17) is 11.6 Å². The van der Waals surface area contributed by atoms with E-state index in [9.17, 15) is 0 Å². The van der Waals surface area contributed by atoms with Crippen molar-refractivity contribution in [2.24, 2.45) is 5.92 Å². The Morgan fingerprint density at radius 1 is 0.750 bits per heavy atom. The first-order chi connectivity index (χ1) is 9.54. The minimum absolute atomic E-state index is 0.532. The maximum absolute atomic E-state index is 5.92. The van der Waals surface area contributed by atoms with E-state index in [-0.39, 0.29) is 0 Å². The largest absolute Gasteiger partial charge is 0.0843 e. The van der Waals surface area contributed by atoms with Gasteiger partial charge in [-0.1, -0.05) is 68.8 Å². The SMILES string of the molecule is CC(C)Cc1ccc([C@H](C)Cc2ccc(Cl)cc2)cc1. The maximum atomic E-state index is 5.92. The predicted molar refractivity (Wildman–Crippen MR) is 88.6 cm³/mol. The zero-order valence-corrected chi connectivity index (χ0v) is 13.3. The fourth-order valence-corrected chi connectivity index (χ4v) is 2.67. The third-order valence-electron chi connectivity index (χ3n) is 3.65. The molecule has 106 valence electrons. The lowest BCUT2D eigenvalue weighted by Crippen LogP contribution is -1.99. The third-order valence-corrected chi connectivity index (χ3v) is 3.90. The number of hydrogen-bond donors (Lipinski definition) is 0. The molecule has 0 aliphatic heterocycles. The highest BCUT2D eigenvalue weighted by Gasteiger charge is 2.07. The van der Waals surface area contributed by atoms with Crippen LogP contribution < -0.4 is 0 Å². The van der Waals surface area contributed by atoms with Gasteiger partial charge in [0.25, 0.3) is 0 Å². The van der Waals surface area contributed by atoms with Crippen LogP contribution in [0.4, 0.5) is 0 Å².